The fraction of sp³-hybridized carbons (Fsp3) is 0.227. The van der Waals surface area contributed by atoms with Crippen molar-refractivity contribution in [1.82, 2.24) is 4.90 Å². The van der Waals surface area contributed by atoms with Gasteiger partial charge in [0.15, 0.2) is 0 Å². The zero-order valence-electron chi connectivity index (χ0n) is 16.2. The largest absolute Gasteiger partial charge is 0.507 e. The molecule has 1 unspecified atom stereocenters. The number of carbonyl (C=O) groups excluding carboxylic acids is 2. The molecule has 7 nitrogen and oxygen atoms in total. The highest BCUT2D eigenvalue weighted by atomic mass is 35.5. The van der Waals surface area contributed by atoms with Crippen LogP contribution in [0.15, 0.2) is 54.1 Å². The van der Waals surface area contributed by atoms with Gasteiger partial charge in [-0.05, 0) is 48.4 Å². The van der Waals surface area contributed by atoms with Crippen LogP contribution in [0.5, 0.6) is 5.75 Å². The summed E-state index contributed by atoms with van der Waals surface area (Å²) in [6, 6.07) is 12.2. The number of methoxy groups -OCH3 is 1. The molecule has 1 heterocycles. The van der Waals surface area contributed by atoms with Gasteiger partial charge in [0.1, 0.15) is 11.5 Å². The minimum absolute atomic E-state index is 0.0529. The number of rotatable bonds is 7. The first kappa shape index (κ1) is 21.4. The number of Topliss-reactive ketones (excluding diaryl/α,β-unsaturated/α-hetero) is 1. The molecule has 2 aromatic rings. The summed E-state index contributed by atoms with van der Waals surface area (Å²) < 4.78 is 5.16. The van der Waals surface area contributed by atoms with E-state index in [4.69, 9.17) is 21.4 Å². The van der Waals surface area contributed by atoms with E-state index in [1.54, 1.807) is 48.5 Å². The van der Waals surface area contributed by atoms with E-state index < -0.39 is 23.7 Å². The van der Waals surface area contributed by atoms with Crippen LogP contribution in [0.2, 0.25) is 5.02 Å². The molecule has 1 atom stereocenters. The van der Waals surface area contributed by atoms with E-state index in [1.165, 1.54) is 12.0 Å². The number of carbonyl (C=O) groups is 3. The third-order valence-electron chi connectivity index (χ3n) is 4.88. The van der Waals surface area contributed by atoms with Crippen LogP contribution in [0.1, 0.15) is 30.0 Å². The Hall–Kier alpha value is -3.32. The van der Waals surface area contributed by atoms with Crippen LogP contribution in [0.3, 0.4) is 0 Å². The number of aliphatic carboxylic acids is 1. The number of amides is 1. The standard InChI is InChI=1S/C22H20ClNO6/c1-30-16-10-6-13(7-11-16)19-18(20(27)14-4-8-15(23)9-5-14)21(28)22(29)24(19)12-2-3-17(25)26/h4-11,19,27H,2-3,12H2,1H3,(H,25,26)/b20-18+. The molecule has 0 spiro atoms. The summed E-state index contributed by atoms with van der Waals surface area (Å²) >= 11 is 5.90. The van der Waals surface area contributed by atoms with Crippen molar-refractivity contribution in [3.8, 4) is 5.75 Å². The van der Waals surface area contributed by atoms with Crippen molar-refractivity contribution in [2.24, 2.45) is 0 Å². The van der Waals surface area contributed by atoms with Crippen LogP contribution < -0.4 is 4.74 Å². The number of ketones is 1. The summed E-state index contributed by atoms with van der Waals surface area (Å²) in [4.78, 5) is 37.7. The van der Waals surface area contributed by atoms with Crippen molar-refractivity contribution in [3.63, 3.8) is 0 Å². The van der Waals surface area contributed by atoms with Crippen LogP contribution in [-0.4, -0.2) is 46.4 Å². The second kappa shape index (κ2) is 9.00. The minimum Gasteiger partial charge on any atom is -0.507 e. The number of benzene rings is 2. The van der Waals surface area contributed by atoms with Gasteiger partial charge in [-0.15, -0.1) is 0 Å². The molecule has 8 heteroatoms. The normalized spacial score (nSPS) is 17.9. The number of carboxylic acids is 1. The van der Waals surface area contributed by atoms with Crippen molar-refractivity contribution in [3.05, 3.63) is 70.3 Å². The first-order chi connectivity index (χ1) is 14.3. The number of hydrogen-bond donors (Lipinski definition) is 2. The molecule has 30 heavy (non-hydrogen) atoms. The summed E-state index contributed by atoms with van der Waals surface area (Å²) in [5, 5.41) is 20.3. The van der Waals surface area contributed by atoms with Gasteiger partial charge in [-0.2, -0.15) is 0 Å². The molecule has 3 rings (SSSR count). The number of carboxylic acid groups (broad SMARTS) is 1. The quantitative estimate of drug-likeness (QED) is 0.395. The molecule has 2 N–H and O–H groups in total. The third-order valence-corrected chi connectivity index (χ3v) is 5.13. The summed E-state index contributed by atoms with van der Waals surface area (Å²) in [5.74, 6) is -2.31. The molecule has 1 amide bonds. The number of halogens is 1. The average molecular weight is 430 g/mol. The predicted molar refractivity (Wildman–Crippen MR) is 110 cm³/mol. The summed E-state index contributed by atoms with van der Waals surface area (Å²) in [6.45, 7) is 0.0605. The summed E-state index contributed by atoms with van der Waals surface area (Å²) in [6.07, 6.45) is 0.0332. The van der Waals surface area contributed by atoms with Crippen molar-refractivity contribution in [2.45, 2.75) is 18.9 Å². The SMILES string of the molecule is COc1ccc(C2/C(=C(\O)c3ccc(Cl)cc3)C(=O)C(=O)N2CCCC(=O)O)cc1. The fourth-order valence-electron chi connectivity index (χ4n) is 3.41. The Morgan fingerprint density at radius 1 is 1.07 bits per heavy atom. The fourth-order valence-corrected chi connectivity index (χ4v) is 3.53. The van der Waals surface area contributed by atoms with E-state index in [-0.39, 0.29) is 30.7 Å². The maximum absolute atomic E-state index is 12.8. The molecule has 0 aromatic heterocycles. The topological polar surface area (TPSA) is 104 Å². The van der Waals surface area contributed by atoms with Gasteiger partial charge in [0, 0.05) is 23.6 Å². The molecule has 1 fully saturated rings. The first-order valence-corrected chi connectivity index (χ1v) is 9.61. The lowest BCUT2D eigenvalue weighted by molar-refractivity contribution is -0.140. The Bertz CT molecular complexity index is 997. The lowest BCUT2D eigenvalue weighted by Gasteiger charge is -2.25. The molecule has 1 aliphatic rings. The number of hydrogen-bond acceptors (Lipinski definition) is 5. The van der Waals surface area contributed by atoms with Crippen molar-refractivity contribution in [1.29, 1.82) is 0 Å². The van der Waals surface area contributed by atoms with Gasteiger partial charge in [-0.1, -0.05) is 23.7 Å². The Balaban J connectivity index is 2.08. The van der Waals surface area contributed by atoms with E-state index in [0.717, 1.165) is 0 Å². The van der Waals surface area contributed by atoms with Gasteiger partial charge >= 0.3 is 5.97 Å². The number of nitrogens with zero attached hydrogens (tertiary/aromatic N) is 1. The molecule has 0 radical (unpaired) electrons. The molecule has 1 aliphatic heterocycles. The van der Waals surface area contributed by atoms with Crippen molar-refractivity contribution >= 4 is 35.0 Å². The van der Waals surface area contributed by atoms with E-state index >= 15 is 0 Å². The summed E-state index contributed by atoms with van der Waals surface area (Å²) in [7, 11) is 1.52. The molecular formula is C22H20ClNO6. The monoisotopic (exact) mass is 429 g/mol. The van der Waals surface area contributed by atoms with Crippen LogP contribution in [0, 0.1) is 0 Å². The Kier molecular flexibility index (Phi) is 6.42. The van der Waals surface area contributed by atoms with Gasteiger partial charge in [-0.3, -0.25) is 14.4 Å². The second-order valence-corrected chi connectivity index (χ2v) is 7.21. The second-order valence-electron chi connectivity index (χ2n) is 6.77. The lowest BCUT2D eigenvalue weighted by Crippen LogP contribution is -2.31. The highest BCUT2D eigenvalue weighted by Crippen LogP contribution is 2.40. The molecule has 0 aliphatic carbocycles. The van der Waals surface area contributed by atoms with Gasteiger partial charge in [-0.25, -0.2) is 0 Å². The van der Waals surface area contributed by atoms with E-state index in [0.29, 0.717) is 21.9 Å². The minimum atomic E-state index is -0.992. The lowest BCUT2D eigenvalue weighted by atomic mass is 9.95. The maximum Gasteiger partial charge on any atom is 0.303 e. The molecule has 156 valence electrons. The molecule has 0 bridgehead atoms. The van der Waals surface area contributed by atoms with Gasteiger partial charge in [0.2, 0.25) is 0 Å². The van der Waals surface area contributed by atoms with E-state index in [9.17, 15) is 19.5 Å². The Morgan fingerprint density at radius 2 is 1.70 bits per heavy atom. The van der Waals surface area contributed by atoms with E-state index in [2.05, 4.69) is 0 Å². The van der Waals surface area contributed by atoms with Crippen LogP contribution >= 0.6 is 11.6 Å². The van der Waals surface area contributed by atoms with Gasteiger partial charge in [0.05, 0.1) is 18.7 Å². The molecule has 1 saturated heterocycles. The van der Waals surface area contributed by atoms with Gasteiger partial charge < -0.3 is 19.8 Å². The number of aliphatic hydroxyl groups excluding tert-OH is 1. The Morgan fingerprint density at radius 3 is 2.27 bits per heavy atom. The average Bonchev–Trinajstić information content (AvgIpc) is 2.98. The van der Waals surface area contributed by atoms with Crippen molar-refractivity contribution < 1.29 is 29.3 Å². The highest BCUT2D eigenvalue weighted by molar-refractivity contribution is 6.46. The van der Waals surface area contributed by atoms with Crippen LogP contribution in [0.25, 0.3) is 5.76 Å². The zero-order chi connectivity index (χ0) is 21.8. The van der Waals surface area contributed by atoms with Gasteiger partial charge in [0.25, 0.3) is 11.7 Å². The van der Waals surface area contributed by atoms with Crippen molar-refractivity contribution in [2.75, 3.05) is 13.7 Å². The number of likely N-dealkylation sites (tertiary alicyclic amines) is 1. The highest BCUT2D eigenvalue weighted by Gasteiger charge is 2.45. The number of aliphatic hydroxyl groups is 1. The predicted octanol–water partition coefficient (Wildman–Crippen LogP) is 3.64. The van der Waals surface area contributed by atoms with Crippen LogP contribution in [-0.2, 0) is 14.4 Å². The molecule has 2 aromatic carbocycles. The summed E-state index contributed by atoms with van der Waals surface area (Å²) in [5.41, 5.74) is 0.894. The molecule has 0 saturated carbocycles. The first-order valence-electron chi connectivity index (χ1n) is 9.23. The van der Waals surface area contributed by atoms with Crippen LogP contribution in [0.4, 0.5) is 0 Å². The maximum atomic E-state index is 12.8. The Labute approximate surface area is 178 Å². The van der Waals surface area contributed by atoms with E-state index in [1.807, 2.05) is 0 Å². The molecular weight excluding hydrogens is 410 g/mol. The zero-order valence-corrected chi connectivity index (χ0v) is 16.9. The smallest absolute Gasteiger partial charge is 0.303 e. The third kappa shape index (κ3) is 4.31. The number of ether oxygens (including phenoxy) is 1.